The van der Waals surface area contributed by atoms with Crippen molar-refractivity contribution in [3.05, 3.63) is 76.6 Å². The van der Waals surface area contributed by atoms with Crippen LogP contribution in [0.2, 0.25) is 5.02 Å². The molecular weight excluding hydrogens is 388 g/mol. The van der Waals surface area contributed by atoms with Crippen molar-refractivity contribution in [2.24, 2.45) is 0 Å². The molecule has 2 aromatic heterocycles. The number of benzene rings is 1. The largest absolute Gasteiger partial charge is 0.496 e. The maximum absolute atomic E-state index is 13.4. The summed E-state index contributed by atoms with van der Waals surface area (Å²) in [6.07, 6.45) is 7.31. The fraction of sp³-hybridized carbons (Fsp3) is 0.318. The number of aryl methyl sites for hydroxylation is 1. The van der Waals surface area contributed by atoms with Gasteiger partial charge >= 0.3 is 0 Å². The lowest BCUT2D eigenvalue weighted by Crippen LogP contribution is -2.32. The molecule has 1 aromatic carbocycles. The predicted octanol–water partition coefficient (Wildman–Crippen LogP) is 4.27. The molecule has 1 saturated heterocycles. The van der Waals surface area contributed by atoms with E-state index in [-0.39, 0.29) is 11.9 Å². The van der Waals surface area contributed by atoms with Crippen LogP contribution in [0.1, 0.15) is 46.3 Å². The van der Waals surface area contributed by atoms with Crippen LogP contribution in [0.4, 0.5) is 0 Å². The smallest absolute Gasteiger partial charge is 0.258 e. The van der Waals surface area contributed by atoms with E-state index in [2.05, 4.69) is 14.5 Å². The van der Waals surface area contributed by atoms with Crippen molar-refractivity contribution >= 4 is 17.5 Å². The summed E-state index contributed by atoms with van der Waals surface area (Å²) >= 11 is 6.06. The van der Waals surface area contributed by atoms with Gasteiger partial charge in [0.25, 0.3) is 5.91 Å². The van der Waals surface area contributed by atoms with E-state index in [0.717, 1.165) is 29.9 Å². The second-order valence-corrected chi connectivity index (χ2v) is 7.64. The Morgan fingerprint density at radius 2 is 2.17 bits per heavy atom. The summed E-state index contributed by atoms with van der Waals surface area (Å²) in [4.78, 5) is 24.1. The Morgan fingerprint density at radius 3 is 2.93 bits per heavy atom. The van der Waals surface area contributed by atoms with Crippen LogP contribution < -0.4 is 4.74 Å². The molecule has 0 saturated carbocycles. The van der Waals surface area contributed by atoms with Crippen LogP contribution in [0.25, 0.3) is 0 Å². The zero-order chi connectivity index (χ0) is 20.4. The Labute approximate surface area is 175 Å². The van der Waals surface area contributed by atoms with Crippen LogP contribution >= 0.6 is 11.6 Å². The fourth-order valence-electron chi connectivity index (χ4n) is 3.90. The molecule has 0 bridgehead atoms. The third-order valence-corrected chi connectivity index (χ3v) is 5.59. The Kier molecular flexibility index (Phi) is 5.53. The first kappa shape index (κ1) is 19.5. The number of hydrogen-bond donors (Lipinski definition) is 0. The summed E-state index contributed by atoms with van der Waals surface area (Å²) in [5.74, 6) is 1.34. The number of halogens is 1. The molecule has 4 rings (SSSR count). The zero-order valence-electron chi connectivity index (χ0n) is 16.5. The van der Waals surface area contributed by atoms with Gasteiger partial charge in [0.2, 0.25) is 0 Å². The third-order valence-electron chi connectivity index (χ3n) is 5.36. The lowest BCUT2D eigenvalue weighted by Gasteiger charge is -2.26. The molecule has 0 N–H and O–H groups in total. The van der Waals surface area contributed by atoms with Crippen LogP contribution in [-0.4, -0.2) is 39.0 Å². The molecule has 0 aliphatic carbocycles. The van der Waals surface area contributed by atoms with Crippen LogP contribution in [0, 0.1) is 6.92 Å². The lowest BCUT2D eigenvalue weighted by atomic mass is 10.1. The van der Waals surface area contributed by atoms with Gasteiger partial charge < -0.3 is 14.2 Å². The van der Waals surface area contributed by atoms with E-state index < -0.39 is 0 Å². The third kappa shape index (κ3) is 3.85. The molecule has 3 aromatic rings. The van der Waals surface area contributed by atoms with Gasteiger partial charge in [0.15, 0.2) is 0 Å². The maximum atomic E-state index is 13.4. The van der Waals surface area contributed by atoms with Crippen molar-refractivity contribution in [1.82, 2.24) is 19.4 Å². The Morgan fingerprint density at radius 1 is 1.31 bits per heavy atom. The highest BCUT2D eigenvalue weighted by Crippen LogP contribution is 2.35. The number of pyridine rings is 1. The molecule has 6 nitrogen and oxygen atoms in total. The van der Waals surface area contributed by atoms with Crippen molar-refractivity contribution in [3.8, 4) is 5.75 Å². The van der Waals surface area contributed by atoms with Crippen molar-refractivity contribution in [2.45, 2.75) is 32.4 Å². The Hall–Kier alpha value is -2.86. The number of hydrogen-bond acceptors (Lipinski definition) is 4. The van der Waals surface area contributed by atoms with Gasteiger partial charge in [-0.1, -0.05) is 17.7 Å². The van der Waals surface area contributed by atoms with Gasteiger partial charge in [0, 0.05) is 35.9 Å². The molecule has 1 fully saturated rings. The number of nitrogens with zero attached hydrogens (tertiary/aromatic N) is 4. The minimum absolute atomic E-state index is 0.0606. The topological polar surface area (TPSA) is 60.2 Å². The number of ether oxygens (including phenoxy) is 1. The second kappa shape index (κ2) is 8.25. The SMILES string of the molecule is COc1cc(Cl)ccc1C(=O)N1CCCC1c1ncc(C)n1Cc1cccnc1. The first-order valence-corrected chi connectivity index (χ1v) is 10.0. The second-order valence-electron chi connectivity index (χ2n) is 7.21. The van der Waals surface area contributed by atoms with Gasteiger partial charge in [-0.15, -0.1) is 0 Å². The van der Waals surface area contributed by atoms with Crippen LogP contribution in [0.15, 0.2) is 48.9 Å². The van der Waals surface area contributed by atoms with Crippen molar-refractivity contribution in [1.29, 1.82) is 0 Å². The lowest BCUT2D eigenvalue weighted by molar-refractivity contribution is 0.0724. The molecule has 7 heteroatoms. The van der Waals surface area contributed by atoms with Gasteiger partial charge in [0.05, 0.1) is 25.3 Å². The monoisotopic (exact) mass is 410 g/mol. The molecule has 0 spiro atoms. The number of aromatic nitrogens is 3. The molecule has 1 aliphatic heterocycles. The maximum Gasteiger partial charge on any atom is 0.258 e. The average molecular weight is 411 g/mol. The molecule has 1 amide bonds. The van der Waals surface area contributed by atoms with Crippen LogP contribution in [-0.2, 0) is 6.54 Å². The molecule has 1 atom stereocenters. The van der Waals surface area contributed by atoms with Gasteiger partial charge in [-0.25, -0.2) is 4.98 Å². The molecule has 150 valence electrons. The van der Waals surface area contributed by atoms with E-state index in [0.29, 0.717) is 29.4 Å². The summed E-state index contributed by atoms with van der Waals surface area (Å²) in [5, 5.41) is 0.541. The summed E-state index contributed by atoms with van der Waals surface area (Å²) in [5.41, 5.74) is 2.68. The first-order chi connectivity index (χ1) is 14.1. The standard InChI is InChI=1S/C22H23ClN4O2/c1-15-12-25-21(27(15)14-16-5-3-9-24-13-16)19-6-4-10-26(19)22(28)18-8-7-17(23)11-20(18)29-2/h3,5,7-9,11-13,19H,4,6,10,14H2,1-2H3. The highest BCUT2D eigenvalue weighted by atomic mass is 35.5. The van der Waals surface area contributed by atoms with E-state index >= 15 is 0 Å². The number of carbonyl (C=O) groups excluding carboxylic acids is 1. The summed E-state index contributed by atoms with van der Waals surface area (Å²) in [7, 11) is 1.55. The average Bonchev–Trinajstić information content (AvgIpc) is 3.35. The normalized spacial score (nSPS) is 16.2. The van der Waals surface area contributed by atoms with Crippen molar-refractivity contribution < 1.29 is 9.53 Å². The van der Waals surface area contributed by atoms with E-state index in [4.69, 9.17) is 16.3 Å². The molecule has 1 aliphatic rings. The quantitative estimate of drug-likeness (QED) is 0.630. The van der Waals surface area contributed by atoms with E-state index in [1.165, 1.54) is 0 Å². The number of amides is 1. The van der Waals surface area contributed by atoms with Crippen LogP contribution in [0.5, 0.6) is 5.75 Å². The van der Waals surface area contributed by atoms with Gasteiger partial charge in [-0.3, -0.25) is 9.78 Å². The Bertz CT molecular complexity index is 1020. The zero-order valence-corrected chi connectivity index (χ0v) is 17.3. The van der Waals surface area contributed by atoms with E-state index in [9.17, 15) is 4.79 Å². The highest BCUT2D eigenvalue weighted by Gasteiger charge is 2.34. The number of carbonyl (C=O) groups is 1. The predicted molar refractivity (Wildman–Crippen MR) is 111 cm³/mol. The fourth-order valence-corrected chi connectivity index (χ4v) is 4.06. The number of methoxy groups -OCH3 is 1. The Balaban J connectivity index is 1.65. The molecule has 29 heavy (non-hydrogen) atoms. The summed E-state index contributed by atoms with van der Waals surface area (Å²) in [6, 6.07) is 9.02. The summed E-state index contributed by atoms with van der Waals surface area (Å²) in [6.45, 7) is 3.40. The van der Waals surface area contributed by atoms with Gasteiger partial charge in [0.1, 0.15) is 11.6 Å². The van der Waals surface area contributed by atoms with Crippen molar-refractivity contribution in [2.75, 3.05) is 13.7 Å². The summed E-state index contributed by atoms with van der Waals surface area (Å²) < 4.78 is 7.57. The first-order valence-electron chi connectivity index (χ1n) is 9.64. The highest BCUT2D eigenvalue weighted by molar-refractivity contribution is 6.30. The molecular formula is C22H23ClN4O2. The van der Waals surface area contributed by atoms with E-state index in [1.54, 1.807) is 31.5 Å². The number of likely N-dealkylation sites (tertiary alicyclic amines) is 1. The van der Waals surface area contributed by atoms with Gasteiger partial charge in [-0.05, 0) is 49.6 Å². The molecule has 0 radical (unpaired) electrons. The number of imidazole rings is 1. The minimum atomic E-state index is -0.0757. The molecule has 3 heterocycles. The minimum Gasteiger partial charge on any atom is -0.496 e. The van der Waals surface area contributed by atoms with E-state index in [1.807, 2.05) is 36.4 Å². The van der Waals surface area contributed by atoms with Crippen LogP contribution in [0.3, 0.4) is 0 Å². The number of rotatable bonds is 5. The van der Waals surface area contributed by atoms with Crippen molar-refractivity contribution in [3.63, 3.8) is 0 Å². The molecule has 1 unspecified atom stereocenters. The van der Waals surface area contributed by atoms with Gasteiger partial charge in [-0.2, -0.15) is 0 Å².